The maximum absolute atomic E-state index is 11.4. The molecule has 1 aromatic rings. The molecule has 19 heavy (non-hydrogen) atoms. The van der Waals surface area contributed by atoms with Crippen LogP contribution in [0, 0.1) is 31.6 Å². The van der Waals surface area contributed by atoms with Crippen molar-refractivity contribution in [2.45, 2.75) is 46.5 Å². The third-order valence-electron chi connectivity index (χ3n) is 4.67. The Bertz CT molecular complexity index is 444. The fourth-order valence-corrected chi connectivity index (χ4v) is 3.48. The summed E-state index contributed by atoms with van der Waals surface area (Å²) in [6, 6.07) is 6.33. The standard InChI is InChI=1S/C17H24O2/c1-11-7-8-15(17(18)19)14(9-11)10-16-12(2)5-4-6-13(16)3/h4-6,11,14-15H,7-10H2,1-3H3,(H,18,19). The molecule has 2 heteroatoms. The molecule has 0 saturated heterocycles. The number of rotatable bonds is 3. The Kier molecular flexibility index (Phi) is 4.28. The zero-order valence-corrected chi connectivity index (χ0v) is 12.1. The van der Waals surface area contributed by atoms with Gasteiger partial charge in [0.15, 0.2) is 0 Å². The van der Waals surface area contributed by atoms with Gasteiger partial charge < -0.3 is 5.11 Å². The van der Waals surface area contributed by atoms with Crippen molar-refractivity contribution in [2.24, 2.45) is 17.8 Å². The van der Waals surface area contributed by atoms with Gasteiger partial charge in [0.05, 0.1) is 5.92 Å². The Morgan fingerprint density at radius 3 is 2.47 bits per heavy atom. The second-order valence-electron chi connectivity index (χ2n) is 6.20. The summed E-state index contributed by atoms with van der Waals surface area (Å²) in [5.74, 6) is 0.185. The van der Waals surface area contributed by atoms with Crippen LogP contribution in [0.15, 0.2) is 18.2 Å². The van der Waals surface area contributed by atoms with Crippen LogP contribution in [0.4, 0.5) is 0 Å². The van der Waals surface area contributed by atoms with E-state index in [9.17, 15) is 9.90 Å². The van der Waals surface area contributed by atoms with Gasteiger partial charge in [0.1, 0.15) is 0 Å². The predicted molar refractivity (Wildman–Crippen MR) is 77.3 cm³/mol. The van der Waals surface area contributed by atoms with Gasteiger partial charge in [-0.1, -0.05) is 25.1 Å². The summed E-state index contributed by atoms with van der Waals surface area (Å²) in [6.45, 7) is 6.50. The summed E-state index contributed by atoms with van der Waals surface area (Å²) in [6.07, 6.45) is 3.86. The van der Waals surface area contributed by atoms with Crippen LogP contribution in [-0.4, -0.2) is 11.1 Å². The van der Waals surface area contributed by atoms with Crippen LogP contribution in [0.5, 0.6) is 0 Å². The molecule has 0 radical (unpaired) electrons. The number of carboxylic acids is 1. The van der Waals surface area contributed by atoms with Crippen molar-refractivity contribution in [3.63, 3.8) is 0 Å². The molecule has 1 aliphatic carbocycles. The van der Waals surface area contributed by atoms with E-state index in [2.05, 4.69) is 39.0 Å². The van der Waals surface area contributed by atoms with Gasteiger partial charge in [0.2, 0.25) is 0 Å². The first-order valence-corrected chi connectivity index (χ1v) is 7.27. The summed E-state index contributed by atoms with van der Waals surface area (Å²) >= 11 is 0. The maximum atomic E-state index is 11.4. The first-order valence-electron chi connectivity index (χ1n) is 7.27. The number of benzene rings is 1. The van der Waals surface area contributed by atoms with Crippen LogP contribution in [0.25, 0.3) is 0 Å². The van der Waals surface area contributed by atoms with Gasteiger partial charge >= 0.3 is 5.97 Å². The Morgan fingerprint density at radius 1 is 1.26 bits per heavy atom. The van der Waals surface area contributed by atoms with E-state index >= 15 is 0 Å². The molecule has 0 heterocycles. The lowest BCUT2D eigenvalue weighted by molar-refractivity contribution is -0.145. The summed E-state index contributed by atoms with van der Waals surface area (Å²) < 4.78 is 0. The lowest BCUT2D eigenvalue weighted by atomic mass is 9.71. The van der Waals surface area contributed by atoms with Crippen LogP contribution in [0.1, 0.15) is 42.9 Å². The summed E-state index contributed by atoms with van der Waals surface area (Å²) in [5.41, 5.74) is 3.94. The van der Waals surface area contributed by atoms with Crippen molar-refractivity contribution >= 4 is 5.97 Å². The zero-order chi connectivity index (χ0) is 14.0. The van der Waals surface area contributed by atoms with Crippen molar-refractivity contribution in [3.8, 4) is 0 Å². The monoisotopic (exact) mass is 260 g/mol. The lowest BCUT2D eigenvalue weighted by Crippen LogP contribution is -2.31. The Labute approximate surface area is 115 Å². The number of hydrogen-bond acceptors (Lipinski definition) is 1. The number of hydrogen-bond donors (Lipinski definition) is 1. The normalized spacial score (nSPS) is 27.2. The van der Waals surface area contributed by atoms with E-state index in [1.165, 1.54) is 16.7 Å². The fourth-order valence-electron chi connectivity index (χ4n) is 3.48. The van der Waals surface area contributed by atoms with E-state index in [-0.39, 0.29) is 5.92 Å². The molecule has 1 aliphatic rings. The Hall–Kier alpha value is -1.31. The molecule has 0 aromatic heterocycles. The molecular weight excluding hydrogens is 236 g/mol. The molecule has 0 bridgehead atoms. The van der Waals surface area contributed by atoms with Crippen molar-refractivity contribution in [3.05, 3.63) is 34.9 Å². The molecule has 104 valence electrons. The van der Waals surface area contributed by atoms with Crippen LogP contribution in [0.2, 0.25) is 0 Å². The minimum atomic E-state index is -0.608. The zero-order valence-electron chi connectivity index (χ0n) is 12.1. The molecule has 0 amide bonds. The highest BCUT2D eigenvalue weighted by Crippen LogP contribution is 2.37. The van der Waals surface area contributed by atoms with E-state index in [1.54, 1.807) is 0 Å². The lowest BCUT2D eigenvalue weighted by Gasteiger charge is -2.33. The smallest absolute Gasteiger partial charge is 0.306 e. The number of aryl methyl sites for hydroxylation is 2. The van der Waals surface area contributed by atoms with Gasteiger partial charge in [0, 0.05) is 0 Å². The molecule has 1 N–H and O–H groups in total. The minimum absolute atomic E-state index is 0.157. The second kappa shape index (κ2) is 5.77. The first-order chi connectivity index (χ1) is 8.99. The fraction of sp³-hybridized carbons (Fsp3) is 0.588. The van der Waals surface area contributed by atoms with Crippen molar-refractivity contribution in [2.75, 3.05) is 0 Å². The highest BCUT2D eigenvalue weighted by molar-refractivity contribution is 5.70. The average Bonchev–Trinajstić information content (AvgIpc) is 2.33. The SMILES string of the molecule is Cc1cccc(C)c1CC1CC(C)CCC1C(=O)O. The third kappa shape index (κ3) is 3.17. The first kappa shape index (κ1) is 14.1. The largest absolute Gasteiger partial charge is 0.481 e. The molecule has 1 fully saturated rings. The summed E-state index contributed by atoms with van der Waals surface area (Å²) in [4.78, 5) is 11.4. The van der Waals surface area contributed by atoms with Gasteiger partial charge in [0.25, 0.3) is 0 Å². The molecule has 3 atom stereocenters. The van der Waals surface area contributed by atoms with Gasteiger partial charge in [-0.05, 0) is 68.1 Å². The van der Waals surface area contributed by atoms with E-state index in [0.29, 0.717) is 11.8 Å². The highest BCUT2D eigenvalue weighted by Gasteiger charge is 2.33. The van der Waals surface area contributed by atoms with E-state index in [4.69, 9.17) is 0 Å². The molecule has 0 spiro atoms. The highest BCUT2D eigenvalue weighted by atomic mass is 16.4. The van der Waals surface area contributed by atoms with Gasteiger partial charge in [-0.2, -0.15) is 0 Å². The number of carboxylic acid groups (broad SMARTS) is 1. The number of carbonyl (C=O) groups is 1. The van der Waals surface area contributed by atoms with Crippen molar-refractivity contribution in [1.82, 2.24) is 0 Å². The Morgan fingerprint density at radius 2 is 1.89 bits per heavy atom. The van der Waals surface area contributed by atoms with Gasteiger partial charge in [-0.25, -0.2) is 0 Å². The van der Waals surface area contributed by atoms with E-state index < -0.39 is 5.97 Å². The van der Waals surface area contributed by atoms with Crippen LogP contribution >= 0.6 is 0 Å². The Balaban J connectivity index is 2.21. The van der Waals surface area contributed by atoms with Crippen LogP contribution < -0.4 is 0 Å². The van der Waals surface area contributed by atoms with E-state index in [1.807, 2.05) is 0 Å². The van der Waals surface area contributed by atoms with Crippen molar-refractivity contribution < 1.29 is 9.90 Å². The second-order valence-corrected chi connectivity index (χ2v) is 6.20. The topological polar surface area (TPSA) is 37.3 Å². The van der Waals surface area contributed by atoms with E-state index in [0.717, 1.165) is 25.7 Å². The van der Waals surface area contributed by atoms with Crippen LogP contribution in [0.3, 0.4) is 0 Å². The molecule has 1 aromatic carbocycles. The molecular formula is C17H24O2. The molecule has 2 nitrogen and oxygen atoms in total. The average molecular weight is 260 g/mol. The third-order valence-corrected chi connectivity index (χ3v) is 4.67. The van der Waals surface area contributed by atoms with Gasteiger partial charge in [-0.3, -0.25) is 4.79 Å². The number of aliphatic carboxylic acids is 1. The quantitative estimate of drug-likeness (QED) is 0.892. The van der Waals surface area contributed by atoms with Crippen LogP contribution in [-0.2, 0) is 11.2 Å². The van der Waals surface area contributed by atoms with Crippen molar-refractivity contribution in [1.29, 1.82) is 0 Å². The summed E-state index contributed by atoms with van der Waals surface area (Å²) in [5, 5.41) is 9.41. The predicted octanol–water partition coefficient (Wildman–Crippen LogP) is 3.98. The molecule has 1 saturated carbocycles. The molecule has 2 rings (SSSR count). The maximum Gasteiger partial charge on any atom is 0.306 e. The molecule has 3 unspecified atom stereocenters. The van der Waals surface area contributed by atoms with Gasteiger partial charge in [-0.15, -0.1) is 0 Å². The summed E-state index contributed by atoms with van der Waals surface area (Å²) in [7, 11) is 0. The molecule has 0 aliphatic heterocycles. The minimum Gasteiger partial charge on any atom is -0.481 e.